The van der Waals surface area contributed by atoms with Crippen LogP contribution in [0.3, 0.4) is 0 Å². The molecule has 3 heterocycles. The lowest BCUT2D eigenvalue weighted by Gasteiger charge is -2.40. The fourth-order valence-corrected chi connectivity index (χ4v) is 5.31. The molecule has 0 bridgehead atoms. The molecule has 0 aromatic heterocycles. The summed E-state index contributed by atoms with van der Waals surface area (Å²) in [5.41, 5.74) is -0.110. The minimum absolute atomic E-state index is 0.287. The minimum atomic E-state index is -0.803. The van der Waals surface area contributed by atoms with Crippen molar-refractivity contribution in [1.82, 2.24) is 4.90 Å². The first-order valence-electron chi connectivity index (χ1n) is 11.4. The summed E-state index contributed by atoms with van der Waals surface area (Å²) in [7, 11) is 1.64. The second-order valence-electron chi connectivity index (χ2n) is 10.2. The number of carbonyl (C=O) groups excluding carboxylic acids is 1. The number of thioether (sulfide) groups is 1. The molecule has 0 N–H and O–H groups in total. The van der Waals surface area contributed by atoms with E-state index < -0.39 is 29.7 Å². The van der Waals surface area contributed by atoms with E-state index in [9.17, 15) is 9.18 Å². The quantitative estimate of drug-likeness (QED) is 0.615. The Morgan fingerprint density at radius 3 is 2.53 bits per heavy atom. The lowest BCUT2D eigenvalue weighted by Crippen LogP contribution is -2.56. The number of hydrogen-bond donors (Lipinski definition) is 0. The van der Waals surface area contributed by atoms with Gasteiger partial charge in [0.25, 0.3) is 0 Å². The SMILES string of the molecule is C[C@H](OCc1ccc(F)cc1)[C@H]1O[C@@H]2SC(N(C)C(=O)OC(C)(C)C)=N[C@@H]2[C@H]2OC(C)(C)O[C@@H]21. The molecule has 1 aromatic carbocycles. The molecule has 10 heteroatoms. The smallest absolute Gasteiger partial charge is 0.416 e. The van der Waals surface area contributed by atoms with Gasteiger partial charge >= 0.3 is 6.09 Å². The largest absolute Gasteiger partial charge is 0.443 e. The van der Waals surface area contributed by atoms with E-state index in [1.54, 1.807) is 19.2 Å². The van der Waals surface area contributed by atoms with Gasteiger partial charge in [0.05, 0.1) is 12.7 Å². The van der Waals surface area contributed by atoms with Gasteiger partial charge in [-0.15, -0.1) is 0 Å². The van der Waals surface area contributed by atoms with Crippen molar-refractivity contribution in [3.63, 3.8) is 0 Å². The highest BCUT2D eigenvalue weighted by Crippen LogP contribution is 2.45. The number of aliphatic imine (C=N–C) groups is 1. The molecule has 4 rings (SSSR count). The van der Waals surface area contributed by atoms with Crippen molar-refractivity contribution < 1.29 is 32.9 Å². The Labute approximate surface area is 204 Å². The maximum absolute atomic E-state index is 13.2. The Balaban J connectivity index is 1.47. The molecular weight excluding hydrogens is 463 g/mol. The van der Waals surface area contributed by atoms with Crippen LogP contribution in [-0.2, 0) is 30.3 Å². The molecule has 3 aliphatic rings. The summed E-state index contributed by atoms with van der Waals surface area (Å²) < 4.78 is 43.6. The Kier molecular flexibility index (Phi) is 7.00. The Morgan fingerprint density at radius 1 is 1.24 bits per heavy atom. The number of hydrogen-bond acceptors (Lipinski definition) is 8. The van der Waals surface area contributed by atoms with Gasteiger partial charge in [-0.05, 0) is 59.2 Å². The molecular formula is C24H33FN2O6S. The van der Waals surface area contributed by atoms with E-state index in [1.165, 1.54) is 28.8 Å². The number of ether oxygens (including phenoxy) is 5. The summed E-state index contributed by atoms with van der Waals surface area (Å²) in [4.78, 5) is 18.7. The molecule has 188 valence electrons. The van der Waals surface area contributed by atoms with Crippen LogP contribution in [0.1, 0.15) is 47.1 Å². The normalized spacial score (nSPS) is 30.8. The molecule has 1 aromatic rings. The Bertz CT molecular complexity index is 934. The van der Waals surface area contributed by atoms with Crippen LogP contribution >= 0.6 is 11.8 Å². The number of nitrogens with zero attached hydrogens (tertiary/aromatic N) is 2. The highest BCUT2D eigenvalue weighted by atomic mass is 32.2. The third kappa shape index (κ3) is 5.57. The summed E-state index contributed by atoms with van der Waals surface area (Å²) in [6.07, 6.45) is -1.97. The number of carbonyl (C=O) groups is 1. The molecule has 0 aliphatic carbocycles. The highest BCUT2D eigenvalue weighted by Gasteiger charge is 2.59. The summed E-state index contributed by atoms with van der Waals surface area (Å²) in [5.74, 6) is -1.09. The Morgan fingerprint density at radius 2 is 1.88 bits per heavy atom. The molecule has 6 atom stereocenters. The van der Waals surface area contributed by atoms with Crippen molar-refractivity contribution in [2.45, 2.75) is 95.4 Å². The highest BCUT2D eigenvalue weighted by molar-refractivity contribution is 8.14. The topological polar surface area (TPSA) is 78.8 Å². The van der Waals surface area contributed by atoms with Crippen molar-refractivity contribution >= 4 is 23.0 Å². The number of rotatable bonds is 4. The Hall–Kier alpha value is -1.72. The number of amides is 1. The molecule has 2 saturated heterocycles. The molecule has 0 saturated carbocycles. The predicted molar refractivity (Wildman–Crippen MR) is 126 cm³/mol. The molecule has 0 radical (unpaired) electrons. The van der Waals surface area contributed by atoms with Gasteiger partial charge in [0.1, 0.15) is 41.2 Å². The zero-order valence-electron chi connectivity index (χ0n) is 20.6. The van der Waals surface area contributed by atoms with Gasteiger partial charge in [-0.3, -0.25) is 9.89 Å². The predicted octanol–water partition coefficient (Wildman–Crippen LogP) is 4.31. The van der Waals surface area contributed by atoms with Crippen molar-refractivity contribution in [2.75, 3.05) is 7.05 Å². The number of benzene rings is 1. The zero-order valence-corrected chi connectivity index (χ0v) is 21.4. The third-order valence-electron chi connectivity index (χ3n) is 5.72. The van der Waals surface area contributed by atoms with E-state index in [1.807, 2.05) is 41.5 Å². The number of fused-ring (bicyclic) bond motifs is 3. The average molecular weight is 497 g/mol. The van der Waals surface area contributed by atoms with E-state index in [0.29, 0.717) is 11.8 Å². The van der Waals surface area contributed by atoms with Gasteiger partial charge in [0.15, 0.2) is 11.0 Å². The lowest BCUT2D eigenvalue weighted by atomic mass is 9.95. The van der Waals surface area contributed by atoms with Gasteiger partial charge in [-0.1, -0.05) is 23.9 Å². The van der Waals surface area contributed by atoms with Crippen LogP contribution < -0.4 is 0 Å². The molecule has 3 aliphatic heterocycles. The van der Waals surface area contributed by atoms with Crippen LogP contribution in [0.15, 0.2) is 29.3 Å². The van der Waals surface area contributed by atoms with Crippen LogP contribution in [0.4, 0.5) is 9.18 Å². The van der Waals surface area contributed by atoms with Gasteiger partial charge in [-0.2, -0.15) is 0 Å². The molecule has 2 fully saturated rings. The maximum atomic E-state index is 13.2. The first-order valence-corrected chi connectivity index (χ1v) is 12.3. The van der Waals surface area contributed by atoms with Gasteiger partial charge in [0.2, 0.25) is 0 Å². The zero-order chi connectivity index (χ0) is 24.8. The van der Waals surface area contributed by atoms with Crippen molar-refractivity contribution in [3.05, 3.63) is 35.6 Å². The minimum Gasteiger partial charge on any atom is -0.443 e. The average Bonchev–Trinajstić information content (AvgIpc) is 3.30. The molecule has 34 heavy (non-hydrogen) atoms. The van der Waals surface area contributed by atoms with Crippen molar-refractivity contribution in [1.29, 1.82) is 0 Å². The lowest BCUT2D eigenvalue weighted by molar-refractivity contribution is -0.178. The van der Waals surface area contributed by atoms with Gasteiger partial charge in [-0.25, -0.2) is 9.18 Å². The summed E-state index contributed by atoms with van der Waals surface area (Å²) in [6.45, 7) is 11.4. The van der Waals surface area contributed by atoms with Gasteiger partial charge < -0.3 is 23.7 Å². The first kappa shape index (κ1) is 25.4. The molecule has 0 spiro atoms. The van der Waals surface area contributed by atoms with Crippen LogP contribution in [0, 0.1) is 5.82 Å². The van der Waals surface area contributed by atoms with Crippen molar-refractivity contribution in [3.8, 4) is 0 Å². The van der Waals surface area contributed by atoms with Crippen LogP contribution in [0.25, 0.3) is 0 Å². The second-order valence-corrected chi connectivity index (χ2v) is 11.3. The number of halogens is 1. The van der Waals surface area contributed by atoms with E-state index in [-0.39, 0.29) is 29.5 Å². The summed E-state index contributed by atoms with van der Waals surface area (Å²) in [5, 5.41) is 0.511. The standard InChI is InChI=1S/C24H33FN2O6S/c1-13(29-12-14-8-10-15(25)11-9-14)17-19-18(31-24(5,6)32-19)16-20(30-17)34-21(26-16)27(7)22(28)33-23(2,3)4/h8-11,13,16-20H,12H2,1-7H3/t13-,16+,17+,18+,19+,20+/m0/s1. The fraction of sp³-hybridized carbons (Fsp3) is 0.667. The summed E-state index contributed by atoms with van der Waals surface area (Å²) in [6, 6.07) is 5.87. The fourth-order valence-electron chi connectivity index (χ4n) is 4.15. The third-order valence-corrected chi connectivity index (χ3v) is 6.93. The van der Waals surface area contributed by atoms with Crippen LogP contribution in [0.2, 0.25) is 0 Å². The number of amidine groups is 1. The maximum Gasteiger partial charge on any atom is 0.416 e. The van der Waals surface area contributed by atoms with E-state index in [4.69, 9.17) is 28.7 Å². The van der Waals surface area contributed by atoms with Gasteiger partial charge in [0, 0.05) is 7.05 Å². The molecule has 0 unspecified atom stereocenters. The van der Waals surface area contributed by atoms with E-state index in [2.05, 4.69) is 0 Å². The van der Waals surface area contributed by atoms with Crippen LogP contribution in [-0.4, -0.2) is 70.5 Å². The molecule has 1 amide bonds. The second kappa shape index (κ2) is 9.39. The monoisotopic (exact) mass is 496 g/mol. The van der Waals surface area contributed by atoms with Crippen molar-refractivity contribution in [2.24, 2.45) is 4.99 Å². The van der Waals surface area contributed by atoms with Crippen LogP contribution in [0.5, 0.6) is 0 Å². The molecule has 8 nitrogen and oxygen atoms in total. The first-order chi connectivity index (χ1) is 15.8. The summed E-state index contributed by atoms with van der Waals surface area (Å²) >= 11 is 1.36. The van der Waals surface area contributed by atoms with E-state index in [0.717, 1.165) is 5.56 Å². The van der Waals surface area contributed by atoms with E-state index >= 15 is 0 Å².